The number of fused-ring (bicyclic) bond motifs is 3. The number of hydrogen-bond donors (Lipinski definition) is 5. The number of rotatable bonds is 9. The van der Waals surface area contributed by atoms with Gasteiger partial charge in [0.05, 0.1) is 12.9 Å². The third-order valence-corrected chi connectivity index (χ3v) is 9.67. The molecule has 3 aliphatic rings. The second kappa shape index (κ2) is 13.9. The number of nitrogens with two attached hydrogens (primary N) is 2. The molecule has 254 valence electrons. The van der Waals surface area contributed by atoms with Crippen LogP contribution >= 0.6 is 12.6 Å². The zero-order chi connectivity index (χ0) is 34.8. The Kier molecular flexibility index (Phi) is 11.3. The maximum absolute atomic E-state index is 13.7. The lowest BCUT2D eigenvalue weighted by Crippen LogP contribution is -2.65. The van der Waals surface area contributed by atoms with Crippen LogP contribution in [-0.4, -0.2) is 84.1 Å². The van der Waals surface area contributed by atoms with Gasteiger partial charge in [0.15, 0.2) is 22.1 Å². The largest absolute Gasteiger partial charge is 0.513 e. The predicted molar refractivity (Wildman–Crippen MR) is 171 cm³/mol. The van der Waals surface area contributed by atoms with Crippen molar-refractivity contribution in [3.8, 4) is 0 Å². The van der Waals surface area contributed by atoms with E-state index >= 15 is 0 Å². The molecule has 0 aromatic rings. The van der Waals surface area contributed by atoms with Crippen LogP contribution in [0.3, 0.4) is 0 Å². The number of carbonyl (C=O) groups is 5. The maximum atomic E-state index is 13.7. The molecule has 7 unspecified atom stereocenters. The summed E-state index contributed by atoms with van der Waals surface area (Å²) in [5.74, 6) is -5.92. The number of esters is 4. The molecule has 0 saturated carbocycles. The van der Waals surface area contributed by atoms with Crippen LogP contribution in [0, 0.1) is 11.3 Å². The fraction of sp³-hybridized carbons (Fsp3) is 0.645. The van der Waals surface area contributed by atoms with Gasteiger partial charge < -0.3 is 40.6 Å². The molecule has 3 rings (SSSR count). The Hall–Kier alpha value is -3.14. The standard InChI is InChI=1S/C31H45BN2O11S/c1-16(2)10-22(37)43-24-26(39)45-29(46)13-19-17(3)23(44-25(38)20(34)8-6-7-9-33)21(36)14-28(19,4)11-18(35)12-31(41,27(40)42-5)30(24,32)15-29/h10-11,19-20,24,35,41,46H,6-9,12-15,32-34H2,1-5H3/b18-11-. The van der Waals surface area contributed by atoms with Crippen molar-refractivity contribution < 1.29 is 53.1 Å². The van der Waals surface area contributed by atoms with Crippen molar-refractivity contribution in [2.45, 2.75) is 101 Å². The summed E-state index contributed by atoms with van der Waals surface area (Å²) in [6.07, 6.45) is 0.782. The highest BCUT2D eigenvalue weighted by atomic mass is 32.1. The van der Waals surface area contributed by atoms with Crippen molar-refractivity contribution in [1.82, 2.24) is 0 Å². The van der Waals surface area contributed by atoms with Crippen LogP contribution in [0.1, 0.15) is 72.6 Å². The quantitative estimate of drug-likeness (QED) is 0.0587. The van der Waals surface area contributed by atoms with Crippen molar-refractivity contribution in [2.24, 2.45) is 22.8 Å². The summed E-state index contributed by atoms with van der Waals surface area (Å²) in [5, 5.41) is 21.4. The molecule has 1 aliphatic heterocycles. The lowest BCUT2D eigenvalue weighted by atomic mass is 9.49. The van der Waals surface area contributed by atoms with Gasteiger partial charge in [-0.2, -0.15) is 0 Å². The molecule has 1 saturated heterocycles. The molecule has 6 N–H and O–H groups in total. The molecule has 2 aliphatic carbocycles. The van der Waals surface area contributed by atoms with Crippen molar-refractivity contribution >= 4 is 50.1 Å². The number of hydrogen-bond acceptors (Lipinski definition) is 14. The van der Waals surface area contributed by atoms with E-state index in [1.807, 2.05) is 0 Å². The summed E-state index contributed by atoms with van der Waals surface area (Å²) >= 11 is 4.77. The number of carbonyl (C=O) groups excluding carboxylic acids is 5. The molecule has 46 heavy (non-hydrogen) atoms. The molecule has 0 amide bonds. The summed E-state index contributed by atoms with van der Waals surface area (Å²) in [6.45, 7) is 6.99. The van der Waals surface area contributed by atoms with Gasteiger partial charge in [-0.1, -0.05) is 18.9 Å². The van der Waals surface area contributed by atoms with Gasteiger partial charge in [-0.05, 0) is 57.7 Å². The van der Waals surface area contributed by atoms with E-state index in [4.69, 9.17) is 43.0 Å². The SMILES string of the molecule is BC12CC(S)(CC3C(C)=C(OC(=O)C(N)CCCCN)C(=O)CC3(C)/C=C(\O)CC1(O)C(=O)OC)OC(=O)C2OC(=O)C=C(C)C. The van der Waals surface area contributed by atoms with E-state index in [0.717, 1.165) is 13.2 Å². The molecule has 1 heterocycles. The smallest absolute Gasteiger partial charge is 0.348 e. The fourth-order valence-corrected chi connectivity index (χ4v) is 7.43. The van der Waals surface area contributed by atoms with Crippen molar-refractivity contribution in [3.05, 3.63) is 34.8 Å². The van der Waals surface area contributed by atoms with Crippen LogP contribution in [0.4, 0.5) is 0 Å². The first kappa shape index (κ1) is 37.3. The normalized spacial score (nSPS) is 34.6. The first-order valence-electron chi connectivity index (χ1n) is 15.2. The summed E-state index contributed by atoms with van der Waals surface area (Å²) in [6, 6.07) is -0.987. The van der Waals surface area contributed by atoms with E-state index < -0.39 is 81.2 Å². The van der Waals surface area contributed by atoms with Crippen molar-refractivity contribution in [3.63, 3.8) is 0 Å². The lowest BCUT2D eigenvalue weighted by Gasteiger charge is -2.54. The molecular formula is C31H45BN2O11S. The molecule has 0 aromatic carbocycles. The molecule has 2 bridgehead atoms. The minimum Gasteiger partial charge on any atom is -0.513 e. The van der Waals surface area contributed by atoms with Crippen LogP contribution in [0.15, 0.2) is 34.8 Å². The summed E-state index contributed by atoms with van der Waals surface area (Å²) in [7, 11) is 2.39. The Morgan fingerprint density at radius 3 is 2.48 bits per heavy atom. The van der Waals surface area contributed by atoms with E-state index in [1.54, 1.807) is 27.7 Å². The second-order valence-corrected chi connectivity index (χ2v) is 14.2. The third-order valence-electron chi connectivity index (χ3n) is 9.24. The third kappa shape index (κ3) is 7.37. The van der Waals surface area contributed by atoms with Gasteiger partial charge in [0.1, 0.15) is 13.9 Å². The first-order chi connectivity index (χ1) is 21.3. The minimum absolute atomic E-state index is 0.119. The molecule has 0 aromatic heterocycles. The highest BCUT2D eigenvalue weighted by molar-refractivity contribution is 7.81. The number of aliphatic hydroxyl groups excluding tert-OH is 1. The van der Waals surface area contributed by atoms with Crippen LogP contribution < -0.4 is 11.5 Å². The maximum Gasteiger partial charge on any atom is 0.348 e. The lowest BCUT2D eigenvalue weighted by molar-refractivity contribution is -0.206. The van der Waals surface area contributed by atoms with Crippen molar-refractivity contribution in [1.29, 1.82) is 0 Å². The number of ether oxygens (including phenoxy) is 4. The van der Waals surface area contributed by atoms with Gasteiger partial charge in [-0.15, -0.1) is 12.6 Å². The van der Waals surface area contributed by atoms with Gasteiger partial charge in [0.25, 0.3) is 0 Å². The molecule has 13 nitrogen and oxygen atoms in total. The molecule has 1 fully saturated rings. The predicted octanol–water partition coefficient (Wildman–Crippen LogP) is 1.24. The number of allylic oxidation sites excluding steroid dienone is 4. The van der Waals surface area contributed by atoms with Crippen LogP contribution in [0.5, 0.6) is 0 Å². The highest BCUT2D eigenvalue weighted by Crippen LogP contribution is 2.60. The van der Waals surface area contributed by atoms with E-state index in [0.29, 0.717) is 37.0 Å². The molecule has 0 spiro atoms. The van der Waals surface area contributed by atoms with E-state index in [1.165, 1.54) is 13.9 Å². The Labute approximate surface area is 274 Å². The monoisotopic (exact) mass is 664 g/mol. The first-order valence-corrected chi connectivity index (χ1v) is 15.6. The molecule has 7 atom stereocenters. The van der Waals surface area contributed by atoms with Crippen LogP contribution in [0.25, 0.3) is 0 Å². The Morgan fingerprint density at radius 2 is 1.89 bits per heavy atom. The van der Waals surface area contributed by atoms with Gasteiger partial charge in [-0.3, -0.25) is 4.79 Å². The Morgan fingerprint density at radius 1 is 1.24 bits per heavy atom. The van der Waals surface area contributed by atoms with Gasteiger partial charge >= 0.3 is 23.9 Å². The van der Waals surface area contributed by atoms with Crippen molar-refractivity contribution in [2.75, 3.05) is 13.7 Å². The average Bonchev–Trinajstić information content (AvgIpc) is 2.93. The summed E-state index contributed by atoms with van der Waals surface area (Å²) in [5.41, 5.74) is 8.63. The van der Waals surface area contributed by atoms with E-state index in [-0.39, 0.29) is 25.0 Å². The Bertz CT molecular complexity index is 1380. The number of aliphatic hydroxyl groups is 2. The number of methoxy groups -OCH3 is 1. The second-order valence-electron chi connectivity index (χ2n) is 13.4. The molecule has 0 radical (unpaired) electrons. The zero-order valence-electron chi connectivity index (χ0n) is 27.2. The summed E-state index contributed by atoms with van der Waals surface area (Å²) < 4.78 is 21.8. The topological polar surface area (TPSA) is 215 Å². The van der Waals surface area contributed by atoms with E-state index in [2.05, 4.69) is 0 Å². The highest BCUT2D eigenvalue weighted by Gasteiger charge is 2.68. The number of ketones is 1. The number of Topliss-reactive ketones (excluding diaryl/α,β-unsaturated/α-hetero) is 1. The van der Waals surface area contributed by atoms with Crippen LogP contribution in [-0.2, 0) is 42.9 Å². The zero-order valence-corrected chi connectivity index (χ0v) is 28.1. The number of unbranched alkanes of at least 4 members (excludes halogenated alkanes) is 1. The molecule has 15 heteroatoms. The van der Waals surface area contributed by atoms with E-state index in [9.17, 15) is 34.2 Å². The minimum atomic E-state index is -2.63. The van der Waals surface area contributed by atoms with Gasteiger partial charge in [0.2, 0.25) is 6.10 Å². The summed E-state index contributed by atoms with van der Waals surface area (Å²) in [4.78, 5) is 64.3. The van der Waals surface area contributed by atoms with Crippen LogP contribution in [0.2, 0.25) is 5.31 Å². The Balaban J connectivity index is 2.17. The fourth-order valence-electron chi connectivity index (χ4n) is 6.83. The molecular weight excluding hydrogens is 619 g/mol. The van der Waals surface area contributed by atoms with Gasteiger partial charge in [-0.25, -0.2) is 19.2 Å². The average molecular weight is 665 g/mol. The number of thiol groups is 1. The van der Waals surface area contributed by atoms with Gasteiger partial charge in [0, 0.05) is 42.5 Å².